The van der Waals surface area contributed by atoms with Crippen molar-refractivity contribution >= 4 is 11.9 Å². The van der Waals surface area contributed by atoms with E-state index >= 15 is 0 Å². The second-order valence-electron chi connectivity index (χ2n) is 6.11. The van der Waals surface area contributed by atoms with Crippen molar-refractivity contribution in [1.29, 1.82) is 5.26 Å². The maximum absolute atomic E-state index is 13.9. The molecule has 1 N–H and O–H groups in total. The van der Waals surface area contributed by atoms with Crippen LogP contribution in [-0.4, -0.2) is 23.9 Å². The van der Waals surface area contributed by atoms with Crippen molar-refractivity contribution in [3.8, 4) is 11.8 Å². The van der Waals surface area contributed by atoms with Gasteiger partial charge < -0.3 is 10.1 Å². The normalized spacial score (nSPS) is 19.2. The van der Waals surface area contributed by atoms with Gasteiger partial charge in [-0.1, -0.05) is 18.2 Å². The summed E-state index contributed by atoms with van der Waals surface area (Å²) >= 11 is 0. The number of hydrogen-bond donors (Lipinski definition) is 1. The lowest BCUT2D eigenvalue weighted by Crippen LogP contribution is -2.40. The van der Waals surface area contributed by atoms with Crippen molar-refractivity contribution < 1.29 is 18.7 Å². The lowest BCUT2D eigenvalue weighted by molar-refractivity contribution is -0.131. The fourth-order valence-corrected chi connectivity index (χ4v) is 2.93. The Labute approximate surface area is 149 Å². The molecule has 26 heavy (non-hydrogen) atoms. The molecule has 1 unspecified atom stereocenters. The van der Waals surface area contributed by atoms with Gasteiger partial charge in [0, 0.05) is 0 Å². The molecule has 0 saturated carbocycles. The Morgan fingerprint density at radius 2 is 2.04 bits per heavy atom. The van der Waals surface area contributed by atoms with Gasteiger partial charge in [0.25, 0.3) is 5.91 Å². The van der Waals surface area contributed by atoms with Crippen LogP contribution in [0.15, 0.2) is 42.5 Å². The molecule has 1 aliphatic rings. The van der Waals surface area contributed by atoms with E-state index in [4.69, 9.17) is 10.00 Å². The third kappa shape index (κ3) is 2.86. The zero-order chi connectivity index (χ0) is 18.9. The topological polar surface area (TPSA) is 82.4 Å². The van der Waals surface area contributed by atoms with Crippen molar-refractivity contribution in [3.05, 3.63) is 65.0 Å². The highest BCUT2D eigenvalue weighted by Crippen LogP contribution is 2.30. The molecule has 6 nitrogen and oxygen atoms in total. The number of urea groups is 1. The van der Waals surface area contributed by atoms with Gasteiger partial charge >= 0.3 is 6.03 Å². The van der Waals surface area contributed by atoms with Crippen LogP contribution in [0.3, 0.4) is 0 Å². The standard InChI is InChI=1S/C19H16FN3O3/c1-19(14-5-3-4-12(8-14)10-21)17(24)23(18(25)22-19)11-13-6-7-16(26-2)15(20)9-13/h3-9H,11H2,1-2H3,(H,22,25). The molecule has 0 bridgehead atoms. The maximum Gasteiger partial charge on any atom is 0.325 e. The van der Waals surface area contributed by atoms with Gasteiger partial charge in [0.1, 0.15) is 5.54 Å². The number of carbonyl (C=O) groups is 2. The molecule has 0 spiro atoms. The summed E-state index contributed by atoms with van der Waals surface area (Å²) in [5.41, 5.74) is 0.0798. The fourth-order valence-electron chi connectivity index (χ4n) is 2.93. The Morgan fingerprint density at radius 1 is 1.27 bits per heavy atom. The van der Waals surface area contributed by atoms with Gasteiger partial charge in [0.15, 0.2) is 11.6 Å². The third-order valence-electron chi connectivity index (χ3n) is 4.40. The molecular formula is C19H16FN3O3. The molecule has 1 atom stereocenters. The van der Waals surface area contributed by atoms with Gasteiger partial charge in [-0.05, 0) is 42.3 Å². The first-order valence-electron chi connectivity index (χ1n) is 7.86. The molecule has 1 saturated heterocycles. The molecule has 1 fully saturated rings. The van der Waals surface area contributed by atoms with E-state index in [1.165, 1.54) is 19.2 Å². The first-order chi connectivity index (χ1) is 12.4. The van der Waals surface area contributed by atoms with Gasteiger partial charge in [-0.25, -0.2) is 9.18 Å². The van der Waals surface area contributed by atoms with Crippen LogP contribution in [0.5, 0.6) is 5.75 Å². The monoisotopic (exact) mass is 353 g/mol. The number of ether oxygens (including phenoxy) is 1. The first-order valence-corrected chi connectivity index (χ1v) is 7.86. The van der Waals surface area contributed by atoms with E-state index < -0.39 is 23.3 Å². The first kappa shape index (κ1) is 17.4. The highest BCUT2D eigenvalue weighted by molar-refractivity contribution is 6.07. The predicted molar refractivity (Wildman–Crippen MR) is 90.5 cm³/mol. The zero-order valence-corrected chi connectivity index (χ0v) is 14.2. The molecule has 0 radical (unpaired) electrons. The molecule has 132 valence electrons. The van der Waals surface area contributed by atoms with Gasteiger partial charge in [-0.3, -0.25) is 9.69 Å². The molecule has 3 amide bonds. The summed E-state index contributed by atoms with van der Waals surface area (Å²) in [6, 6.07) is 12.2. The van der Waals surface area contributed by atoms with Gasteiger partial charge in [-0.2, -0.15) is 5.26 Å². The summed E-state index contributed by atoms with van der Waals surface area (Å²) in [5, 5.41) is 11.7. The number of nitrogens with zero attached hydrogens (tertiary/aromatic N) is 2. The molecular weight excluding hydrogens is 337 g/mol. The van der Waals surface area contributed by atoms with Crippen LogP contribution in [0.25, 0.3) is 0 Å². The number of methoxy groups -OCH3 is 1. The predicted octanol–water partition coefficient (Wildman–Crippen LogP) is 2.67. The Hall–Kier alpha value is -3.40. The maximum atomic E-state index is 13.9. The minimum atomic E-state index is -1.28. The van der Waals surface area contributed by atoms with Crippen LogP contribution in [0.2, 0.25) is 0 Å². The van der Waals surface area contributed by atoms with Crippen LogP contribution in [-0.2, 0) is 16.9 Å². The number of carbonyl (C=O) groups excluding carboxylic acids is 2. The largest absolute Gasteiger partial charge is 0.494 e. The molecule has 0 aromatic heterocycles. The van der Waals surface area contributed by atoms with E-state index in [1.807, 2.05) is 6.07 Å². The van der Waals surface area contributed by atoms with Gasteiger partial charge in [0.05, 0.1) is 25.3 Å². The third-order valence-corrected chi connectivity index (χ3v) is 4.40. The van der Waals surface area contributed by atoms with E-state index in [2.05, 4.69) is 5.32 Å². The molecule has 1 aliphatic heterocycles. The summed E-state index contributed by atoms with van der Waals surface area (Å²) in [7, 11) is 1.36. The van der Waals surface area contributed by atoms with E-state index in [0.29, 0.717) is 16.7 Å². The highest BCUT2D eigenvalue weighted by Gasteiger charge is 2.48. The quantitative estimate of drug-likeness (QED) is 0.857. The summed E-state index contributed by atoms with van der Waals surface area (Å²) in [6.45, 7) is 1.51. The number of imide groups is 1. The van der Waals surface area contributed by atoms with Crippen molar-refractivity contribution in [2.45, 2.75) is 19.0 Å². The smallest absolute Gasteiger partial charge is 0.325 e. The number of nitriles is 1. The van der Waals surface area contributed by atoms with E-state index in [1.54, 1.807) is 37.3 Å². The molecule has 0 aliphatic carbocycles. The van der Waals surface area contributed by atoms with Gasteiger partial charge in [0.2, 0.25) is 0 Å². The number of rotatable bonds is 4. The average molecular weight is 353 g/mol. The van der Waals surface area contributed by atoms with Crippen molar-refractivity contribution in [3.63, 3.8) is 0 Å². The molecule has 2 aromatic rings. The lowest BCUT2D eigenvalue weighted by atomic mass is 9.91. The van der Waals surface area contributed by atoms with Crippen molar-refractivity contribution in [1.82, 2.24) is 10.2 Å². The molecule has 7 heteroatoms. The molecule has 1 heterocycles. The summed E-state index contributed by atoms with van der Waals surface area (Å²) in [4.78, 5) is 26.3. The van der Waals surface area contributed by atoms with Crippen molar-refractivity contribution in [2.75, 3.05) is 7.11 Å². The number of amides is 3. The van der Waals surface area contributed by atoms with Crippen LogP contribution >= 0.6 is 0 Å². The Morgan fingerprint density at radius 3 is 2.69 bits per heavy atom. The van der Waals surface area contributed by atoms with Crippen molar-refractivity contribution in [2.24, 2.45) is 0 Å². The number of nitrogens with one attached hydrogen (secondary N) is 1. The Kier molecular flexibility index (Phi) is 4.34. The highest BCUT2D eigenvalue weighted by atomic mass is 19.1. The lowest BCUT2D eigenvalue weighted by Gasteiger charge is -2.22. The summed E-state index contributed by atoms with van der Waals surface area (Å²) in [6.07, 6.45) is 0. The summed E-state index contributed by atoms with van der Waals surface area (Å²) < 4.78 is 18.7. The second-order valence-corrected chi connectivity index (χ2v) is 6.11. The molecule has 3 rings (SSSR count). The van der Waals surface area contributed by atoms with Crippen LogP contribution in [0.1, 0.15) is 23.6 Å². The fraction of sp³-hybridized carbons (Fsp3) is 0.211. The Balaban J connectivity index is 1.89. The van der Waals surface area contributed by atoms with E-state index in [-0.39, 0.29) is 12.3 Å². The number of hydrogen-bond acceptors (Lipinski definition) is 4. The minimum Gasteiger partial charge on any atom is -0.494 e. The minimum absolute atomic E-state index is 0.0703. The number of benzene rings is 2. The van der Waals surface area contributed by atoms with E-state index in [0.717, 1.165) is 4.90 Å². The van der Waals surface area contributed by atoms with Crippen LogP contribution in [0.4, 0.5) is 9.18 Å². The van der Waals surface area contributed by atoms with E-state index in [9.17, 15) is 14.0 Å². The Bertz CT molecular complexity index is 938. The SMILES string of the molecule is COc1ccc(CN2C(=O)NC(C)(c3cccc(C#N)c3)C2=O)cc1F. The number of halogens is 1. The average Bonchev–Trinajstić information content (AvgIpc) is 2.86. The summed E-state index contributed by atoms with van der Waals surface area (Å²) in [5.74, 6) is -0.945. The van der Waals surface area contributed by atoms with Gasteiger partial charge in [-0.15, -0.1) is 0 Å². The van der Waals surface area contributed by atoms with Crippen LogP contribution < -0.4 is 10.1 Å². The van der Waals surface area contributed by atoms with Crippen LogP contribution in [0, 0.1) is 17.1 Å². The zero-order valence-electron chi connectivity index (χ0n) is 14.2. The molecule has 2 aromatic carbocycles. The second kappa shape index (κ2) is 6.48.